The van der Waals surface area contributed by atoms with Gasteiger partial charge in [-0.2, -0.15) is 13.2 Å². The van der Waals surface area contributed by atoms with E-state index in [1.54, 1.807) is 0 Å². The van der Waals surface area contributed by atoms with E-state index >= 15 is 0 Å². The van der Waals surface area contributed by atoms with Crippen LogP contribution in [-0.2, 0) is 22.6 Å². The Morgan fingerprint density at radius 2 is 1.82 bits per heavy atom. The third-order valence-electron chi connectivity index (χ3n) is 4.41. The number of pyridine rings is 1. The van der Waals surface area contributed by atoms with Crippen LogP contribution in [0.25, 0.3) is 0 Å². The molecule has 33 heavy (non-hydrogen) atoms. The van der Waals surface area contributed by atoms with Crippen LogP contribution in [0.4, 0.5) is 24.5 Å². The molecule has 0 saturated carbocycles. The highest BCUT2D eigenvalue weighted by atomic mass is 32.2. The predicted molar refractivity (Wildman–Crippen MR) is 111 cm³/mol. The molecule has 0 aliphatic heterocycles. The minimum absolute atomic E-state index is 0.108. The Bertz CT molecular complexity index is 1310. The highest BCUT2D eigenvalue weighted by Crippen LogP contribution is 2.28. The van der Waals surface area contributed by atoms with Crippen LogP contribution in [0, 0.1) is 0 Å². The quantitative estimate of drug-likeness (QED) is 0.421. The van der Waals surface area contributed by atoms with Gasteiger partial charge in [0.05, 0.1) is 17.8 Å². The van der Waals surface area contributed by atoms with Crippen LogP contribution in [0.1, 0.15) is 32.1 Å². The molecule has 0 unspecified atom stereocenters. The Hall–Kier alpha value is -3.87. The van der Waals surface area contributed by atoms with E-state index in [9.17, 15) is 31.2 Å². The highest BCUT2D eigenvalue weighted by molar-refractivity contribution is 7.90. The lowest BCUT2D eigenvalue weighted by Gasteiger charge is -2.24. The molecule has 2 heterocycles. The van der Waals surface area contributed by atoms with Gasteiger partial charge in [-0.1, -0.05) is 6.07 Å². The van der Waals surface area contributed by atoms with Gasteiger partial charge >= 0.3 is 6.18 Å². The monoisotopic (exact) mass is 479 g/mol. The van der Waals surface area contributed by atoms with Crippen molar-refractivity contribution >= 4 is 33.4 Å². The number of nitrogens with zero attached hydrogens (tertiary/aromatic N) is 4. The molecule has 2 aromatic heterocycles. The number of hydrogen-bond donors (Lipinski definition) is 1. The molecular weight excluding hydrogens is 463 g/mol. The topological polar surface area (TPSA) is 136 Å². The summed E-state index contributed by atoms with van der Waals surface area (Å²) in [5.41, 5.74) is 6.16. The predicted octanol–water partition coefficient (Wildman–Crippen LogP) is 2.54. The summed E-state index contributed by atoms with van der Waals surface area (Å²) in [6.07, 6.45) is -0.729. The molecule has 1 amide bonds. The number of amides is 1. The first kappa shape index (κ1) is 23.8. The van der Waals surface area contributed by atoms with E-state index in [0.717, 1.165) is 11.2 Å². The maximum Gasteiger partial charge on any atom is 0.451 e. The summed E-state index contributed by atoms with van der Waals surface area (Å²) < 4.78 is 62.9. The van der Waals surface area contributed by atoms with E-state index in [4.69, 9.17) is 5.73 Å². The molecule has 0 saturated heterocycles. The lowest BCUT2D eigenvalue weighted by molar-refractivity contribution is -0.145. The number of nitrogens with two attached hydrogens (primary N) is 1. The zero-order valence-electron chi connectivity index (χ0n) is 16.9. The van der Waals surface area contributed by atoms with Crippen molar-refractivity contribution < 1.29 is 31.2 Å². The third kappa shape index (κ3) is 5.31. The summed E-state index contributed by atoms with van der Waals surface area (Å²) in [5, 5.41) is -0.413. The Kier molecular flexibility index (Phi) is 6.44. The fraction of sp³-hybridized carbons (Fsp3) is 0.150. The maximum absolute atomic E-state index is 13.3. The molecule has 3 rings (SSSR count). The minimum Gasteiger partial charge on any atom is -0.398 e. The zero-order valence-corrected chi connectivity index (χ0v) is 17.8. The number of benzene rings is 1. The van der Waals surface area contributed by atoms with Crippen molar-refractivity contribution in [1.82, 2.24) is 15.0 Å². The number of carbonyl (C=O) groups is 2. The smallest absolute Gasteiger partial charge is 0.398 e. The molecule has 0 bridgehead atoms. The van der Waals surface area contributed by atoms with Crippen LogP contribution in [0.5, 0.6) is 0 Å². The van der Waals surface area contributed by atoms with Gasteiger partial charge < -0.3 is 10.6 Å². The van der Waals surface area contributed by atoms with E-state index in [2.05, 4.69) is 15.0 Å². The van der Waals surface area contributed by atoms with Crippen molar-refractivity contribution in [3.63, 3.8) is 0 Å². The number of anilines is 2. The molecule has 3 aromatic rings. The SMILES string of the molecule is CS(=O)(=O)c1ncccc1N(Cc1ccc(C=O)c(N)c1)C(=O)c1cnc(C(F)(F)F)nc1. The molecular formula is C20H16F3N5O4S. The summed E-state index contributed by atoms with van der Waals surface area (Å²) >= 11 is 0. The standard InChI is InChI=1S/C20H16F3N5O4S/c1-33(31,32)17-16(3-2-6-25-17)28(10-12-4-5-13(11-29)15(24)7-12)18(30)14-8-26-19(27-9-14)20(21,22)23/h2-9,11H,10,24H2,1H3. The fourth-order valence-electron chi connectivity index (χ4n) is 2.89. The molecule has 0 spiro atoms. The minimum atomic E-state index is -4.80. The van der Waals surface area contributed by atoms with E-state index < -0.39 is 32.8 Å². The second-order valence-electron chi connectivity index (χ2n) is 6.87. The largest absolute Gasteiger partial charge is 0.451 e. The Balaban J connectivity index is 2.11. The Labute approximate surface area is 186 Å². The number of hydrogen-bond acceptors (Lipinski definition) is 8. The zero-order chi connectivity index (χ0) is 24.4. The van der Waals surface area contributed by atoms with E-state index in [0.29, 0.717) is 24.2 Å². The number of nitrogen functional groups attached to an aromatic ring is 1. The average Bonchev–Trinajstić information content (AvgIpc) is 2.76. The second-order valence-corrected chi connectivity index (χ2v) is 8.80. The summed E-state index contributed by atoms with van der Waals surface area (Å²) in [7, 11) is -3.89. The molecule has 0 aliphatic rings. The summed E-state index contributed by atoms with van der Waals surface area (Å²) in [4.78, 5) is 35.5. The number of carbonyl (C=O) groups excluding carboxylic acids is 2. The first-order valence-corrected chi connectivity index (χ1v) is 11.0. The normalized spacial score (nSPS) is 11.8. The summed E-state index contributed by atoms with van der Waals surface area (Å²) in [6, 6.07) is 7.07. The van der Waals surface area contributed by atoms with E-state index in [1.807, 2.05) is 0 Å². The first-order chi connectivity index (χ1) is 15.4. The number of rotatable bonds is 6. The van der Waals surface area contributed by atoms with Crippen molar-refractivity contribution in [2.45, 2.75) is 17.7 Å². The van der Waals surface area contributed by atoms with Crippen LogP contribution >= 0.6 is 0 Å². The molecule has 0 fully saturated rings. The van der Waals surface area contributed by atoms with Crippen molar-refractivity contribution in [2.24, 2.45) is 0 Å². The van der Waals surface area contributed by atoms with Gasteiger partial charge in [0.25, 0.3) is 5.91 Å². The number of alkyl halides is 3. The number of halogens is 3. The molecule has 1 aromatic carbocycles. The third-order valence-corrected chi connectivity index (χ3v) is 5.43. The number of aromatic nitrogens is 3. The van der Waals surface area contributed by atoms with Crippen LogP contribution in [0.3, 0.4) is 0 Å². The molecule has 2 N–H and O–H groups in total. The van der Waals surface area contributed by atoms with E-state index in [-0.39, 0.29) is 29.0 Å². The van der Waals surface area contributed by atoms with Gasteiger partial charge in [0.2, 0.25) is 5.82 Å². The number of sulfone groups is 1. The van der Waals surface area contributed by atoms with Crippen LogP contribution in [0.15, 0.2) is 53.9 Å². The highest BCUT2D eigenvalue weighted by Gasteiger charge is 2.35. The van der Waals surface area contributed by atoms with Gasteiger partial charge in [-0.05, 0) is 29.8 Å². The van der Waals surface area contributed by atoms with Crippen LogP contribution in [-0.4, -0.2) is 41.8 Å². The average molecular weight is 479 g/mol. The molecule has 0 atom stereocenters. The summed E-state index contributed by atoms with van der Waals surface area (Å²) in [6.45, 7) is -0.239. The van der Waals surface area contributed by atoms with Crippen LogP contribution in [0.2, 0.25) is 0 Å². The van der Waals surface area contributed by atoms with Gasteiger partial charge in [-0.15, -0.1) is 0 Å². The summed E-state index contributed by atoms with van der Waals surface area (Å²) in [5.74, 6) is -2.30. The van der Waals surface area contributed by atoms with Crippen molar-refractivity contribution in [3.8, 4) is 0 Å². The molecule has 0 radical (unpaired) electrons. The van der Waals surface area contributed by atoms with Gasteiger partial charge in [-0.3, -0.25) is 9.59 Å². The van der Waals surface area contributed by atoms with E-state index in [1.165, 1.54) is 36.5 Å². The van der Waals surface area contributed by atoms with Crippen LogP contribution < -0.4 is 10.6 Å². The van der Waals surface area contributed by atoms with Gasteiger partial charge in [0.1, 0.15) is 0 Å². The first-order valence-electron chi connectivity index (χ1n) is 9.11. The van der Waals surface area contributed by atoms with Gasteiger partial charge in [-0.25, -0.2) is 23.4 Å². The molecule has 172 valence electrons. The molecule has 13 heteroatoms. The lowest BCUT2D eigenvalue weighted by atomic mass is 10.1. The maximum atomic E-state index is 13.3. The van der Waals surface area contributed by atoms with Gasteiger partial charge in [0, 0.05) is 36.1 Å². The number of aldehydes is 1. The molecule has 0 aliphatic carbocycles. The Morgan fingerprint density at radius 1 is 1.15 bits per heavy atom. The van der Waals surface area contributed by atoms with Crippen molar-refractivity contribution in [1.29, 1.82) is 0 Å². The molecule has 9 nitrogen and oxygen atoms in total. The van der Waals surface area contributed by atoms with Crippen molar-refractivity contribution in [3.05, 3.63) is 71.4 Å². The fourth-order valence-corrected chi connectivity index (χ4v) is 3.70. The lowest BCUT2D eigenvalue weighted by Crippen LogP contribution is -2.32. The second kappa shape index (κ2) is 8.94. The van der Waals surface area contributed by atoms with Gasteiger partial charge in [0.15, 0.2) is 21.1 Å². The Morgan fingerprint density at radius 3 is 2.36 bits per heavy atom. The van der Waals surface area contributed by atoms with Crippen molar-refractivity contribution in [2.75, 3.05) is 16.9 Å².